The Balaban J connectivity index is 1.18. The van der Waals surface area contributed by atoms with Crippen LogP contribution in [0, 0.1) is 0 Å². The van der Waals surface area contributed by atoms with Crippen molar-refractivity contribution >= 4 is 17.8 Å². The largest absolute Gasteiger partial charge is 0.340 e. The average Bonchev–Trinajstić information content (AvgIpc) is 2.89. The highest BCUT2D eigenvalue weighted by Crippen LogP contribution is 2.15. The van der Waals surface area contributed by atoms with Gasteiger partial charge >= 0.3 is 0 Å². The van der Waals surface area contributed by atoms with E-state index in [1.165, 1.54) is 5.56 Å². The maximum absolute atomic E-state index is 13.1. The van der Waals surface area contributed by atoms with Crippen LogP contribution in [0.4, 0.5) is 5.95 Å². The molecular weight excluding hydrogens is 416 g/mol. The Labute approximate surface area is 196 Å². The van der Waals surface area contributed by atoms with Crippen LogP contribution in [-0.4, -0.2) is 94.9 Å². The molecule has 0 saturated carbocycles. The molecule has 4 rings (SSSR count). The summed E-state index contributed by atoms with van der Waals surface area (Å²) in [6.07, 6.45) is 5.88. The van der Waals surface area contributed by atoms with E-state index in [1.54, 1.807) is 12.4 Å². The van der Waals surface area contributed by atoms with Gasteiger partial charge in [0, 0.05) is 71.2 Å². The number of piperazine rings is 2. The molecule has 3 heterocycles. The van der Waals surface area contributed by atoms with Crippen molar-refractivity contribution in [2.24, 2.45) is 0 Å². The Morgan fingerprint density at radius 1 is 0.848 bits per heavy atom. The second-order valence-electron chi connectivity index (χ2n) is 8.79. The monoisotopic (exact) mass is 450 g/mol. The molecule has 1 atom stereocenters. The first-order valence-corrected chi connectivity index (χ1v) is 12.0. The molecule has 176 valence electrons. The molecule has 2 aliphatic rings. The van der Waals surface area contributed by atoms with Gasteiger partial charge < -0.3 is 14.7 Å². The SMILES string of the molecule is CC(C(=O)N1CCN(c2ncccn2)CC1)N1CCN(C(=O)CCCc2ccccc2)CC1. The van der Waals surface area contributed by atoms with Crippen LogP contribution >= 0.6 is 0 Å². The maximum atomic E-state index is 13.1. The Hall–Kier alpha value is -3.00. The molecule has 0 radical (unpaired) electrons. The van der Waals surface area contributed by atoms with Crippen molar-refractivity contribution < 1.29 is 9.59 Å². The summed E-state index contributed by atoms with van der Waals surface area (Å²) >= 11 is 0. The van der Waals surface area contributed by atoms with Crippen LogP contribution < -0.4 is 4.90 Å². The van der Waals surface area contributed by atoms with Crippen LogP contribution in [0.15, 0.2) is 48.8 Å². The normalized spacial score (nSPS) is 18.3. The summed E-state index contributed by atoms with van der Waals surface area (Å²) < 4.78 is 0. The fourth-order valence-electron chi connectivity index (χ4n) is 4.61. The van der Waals surface area contributed by atoms with E-state index < -0.39 is 0 Å². The smallest absolute Gasteiger partial charge is 0.239 e. The summed E-state index contributed by atoms with van der Waals surface area (Å²) in [6.45, 7) is 7.72. The molecule has 1 aromatic heterocycles. The van der Waals surface area contributed by atoms with Crippen molar-refractivity contribution in [3.63, 3.8) is 0 Å². The second-order valence-corrected chi connectivity index (χ2v) is 8.79. The number of benzene rings is 1. The van der Waals surface area contributed by atoms with E-state index in [2.05, 4.69) is 31.9 Å². The molecule has 0 bridgehead atoms. The first-order chi connectivity index (χ1) is 16.1. The Kier molecular flexibility index (Phi) is 7.88. The zero-order valence-corrected chi connectivity index (χ0v) is 19.5. The van der Waals surface area contributed by atoms with E-state index in [0.29, 0.717) is 32.6 Å². The van der Waals surface area contributed by atoms with Crippen LogP contribution in [0.2, 0.25) is 0 Å². The molecule has 2 amide bonds. The van der Waals surface area contributed by atoms with Crippen LogP contribution in [0.5, 0.6) is 0 Å². The van der Waals surface area contributed by atoms with Crippen molar-refractivity contribution in [2.75, 3.05) is 57.3 Å². The van der Waals surface area contributed by atoms with Crippen LogP contribution in [-0.2, 0) is 16.0 Å². The quantitative estimate of drug-likeness (QED) is 0.639. The number of amides is 2. The first kappa shape index (κ1) is 23.2. The number of aryl methyl sites for hydroxylation is 1. The zero-order valence-electron chi connectivity index (χ0n) is 19.5. The molecule has 2 aromatic rings. The summed E-state index contributed by atoms with van der Waals surface area (Å²) in [4.78, 5) is 42.5. The lowest BCUT2D eigenvalue weighted by atomic mass is 10.1. The van der Waals surface area contributed by atoms with Crippen molar-refractivity contribution in [3.8, 4) is 0 Å². The highest BCUT2D eigenvalue weighted by molar-refractivity contribution is 5.82. The second kappa shape index (κ2) is 11.2. The molecule has 1 aromatic carbocycles. The molecule has 33 heavy (non-hydrogen) atoms. The van der Waals surface area contributed by atoms with Crippen LogP contribution in [0.3, 0.4) is 0 Å². The number of nitrogens with zero attached hydrogens (tertiary/aromatic N) is 6. The third-order valence-electron chi connectivity index (χ3n) is 6.70. The lowest BCUT2D eigenvalue weighted by molar-refractivity contribution is -0.139. The fraction of sp³-hybridized carbons (Fsp3) is 0.520. The standard InChI is InChI=1S/C25H34N6O2/c1-21(24(33)30-17-19-31(20-18-30)25-26-11-6-12-27-25)28-13-15-29(16-14-28)23(32)10-5-9-22-7-3-2-4-8-22/h2-4,6-8,11-12,21H,5,9-10,13-20H2,1H3. The van der Waals surface area contributed by atoms with E-state index in [0.717, 1.165) is 45.0 Å². The van der Waals surface area contributed by atoms with Gasteiger partial charge in [-0.2, -0.15) is 0 Å². The summed E-state index contributed by atoms with van der Waals surface area (Å²) in [5.41, 5.74) is 1.28. The van der Waals surface area contributed by atoms with E-state index >= 15 is 0 Å². The highest BCUT2D eigenvalue weighted by Gasteiger charge is 2.31. The number of carbonyl (C=O) groups excluding carboxylic acids is 2. The summed E-state index contributed by atoms with van der Waals surface area (Å²) in [5.74, 6) is 1.12. The van der Waals surface area contributed by atoms with Gasteiger partial charge in [-0.1, -0.05) is 30.3 Å². The Morgan fingerprint density at radius 3 is 2.15 bits per heavy atom. The van der Waals surface area contributed by atoms with Crippen LogP contribution in [0.25, 0.3) is 0 Å². The van der Waals surface area contributed by atoms with Crippen molar-refractivity contribution in [2.45, 2.75) is 32.2 Å². The fourth-order valence-corrected chi connectivity index (χ4v) is 4.61. The molecule has 1 unspecified atom stereocenters. The van der Waals surface area contributed by atoms with Gasteiger partial charge in [0.2, 0.25) is 17.8 Å². The molecular formula is C25H34N6O2. The van der Waals surface area contributed by atoms with E-state index in [4.69, 9.17) is 0 Å². The Bertz CT molecular complexity index is 894. The number of rotatable bonds is 7. The highest BCUT2D eigenvalue weighted by atomic mass is 16.2. The molecule has 0 N–H and O–H groups in total. The minimum absolute atomic E-state index is 0.167. The van der Waals surface area contributed by atoms with E-state index in [-0.39, 0.29) is 17.9 Å². The van der Waals surface area contributed by atoms with Gasteiger partial charge in [0.15, 0.2) is 0 Å². The molecule has 2 saturated heterocycles. The number of hydrogen-bond acceptors (Lipinski definition) is 6. The number of hydrogen-bond donors (Lipinski definition) is 0. The summed E-state index contributed by atoms with van der Waals surface area (Å²) in [6, 6.07) is 11.9. The Morgan fingerprint density at radius 2 is 1.48 bits per heavy atom. The predicted octanol–water partition coefficient (Wildman–Crippen LogP) is 1.68. The minimum atomic E-state index is -0.167. The van der Waals surface area contributed by atoms with E-state index in [9.17, 15) is 9.59 Å². The third kappa shape index (κ3) is 6.07. The average molecular weight is 451 g/mol. The lowest BCUT2D eigenvalue weighted by Gasteiger charge is -2.41. The third-order valence-corrected chi connectivity index (χ3v) is 6.70. The molecule has 2 aliphatic heterocycles. The van der Waals surface area contributed by atoms with Gasteiger partial charge in [-0.3, -0.25) is 14.5 Å². The number of anilines is 1. The number of carbonyl (C=O) groups is 2. The van der Waals surface area contributed by atoms with E-state index in [1.807, 2.05) is 41.0 Å². The molecule has 0 spiro atoms. The molecule has 0 aliphatic carbocycles. The van der Waals surface area contributed by atoms with Crippen molar-refractivity contribution in [1.82, 2.24) is 24.7 Å². The zero-order chi connectivity index (χ0) is 23.0. The van der Waals surface area contributed by atoms with Crippen LogP contribution in [0.1, 0.15) is 25.3 Å². The molecule has 2 fully saturated rings. The minimum Gasteiger partial charge on any atom is -0.340 e. The van der Waals surface area contributed by atoms with Gasteiger partial charge in [0.1, 0.15) is 0 Å². The lowest BCUT2D eigenvalue weighted by Crippen LogP contribution is -2.58. The van der Waals surface area contributed by atoms with Gasteiger partial charge in [0.05, 0.1) is 6.04 Å². The number of aromatic nitrogens is 2. The molecule has 8 heteroatoms. The maximum Gasteiger partial charge on any atom is 0.239 e. The van der Waals surface area contributed by atoms with Crippen molar-refractivity contribution in [1.29, 1.82) is 0 Å². The summed E-state index contributed by atoms with van der Waals surface area (Å²) in [5, 5.41) is 0. The topological polar surface area (TPSA) is 72.9 Å². The van der Waals surface area contributed by atoms with Gasteiger partial charge in [-0.15, -0.1) is 0 Å². The van der Waals surface area contributed by atoms with Gasteiger partial charge in [-0.25, -0.2) is 9.97 Å². The molecule has 8 nitrogen and oxygen atoms in total. The van der Waals surface area contributed by atoms with Gasteiger partial charge in [-0.05, 0) is 31.4 Å². The van der Waals surface area contributed by atoms with Gasteiger partial charge in [0.25, 0.3) is 0 Å². The van der Waals surface area contributed by atoms with Crippen molar-refractivity contribution in [3.05, 3.63) is 54.4 Å². The first-order valence-electron chi connectivity index (χ1n) is 12.0. The predicted molar refractivity (Wildman–Crippen MR) is 128 cm³/mol. The summed E-state index contributed by atoms with van der Waals surface area (Å²) in [7, 11) is 0.